The van der Waals surface area contributed by atoms with E-state index in [1.54, 1.807) is 6.33 Å². The van der Waals surface area contributed by atoms with Crippen LogP contribution in [0.1, 0.15) is 19.2 Å². The molecular formula is C17H23F2IN6O. The molecule has 0 fully saturated rings. The number of aryl methyl sites for hydroxylation is 1. The lowest BCUT2D eigenvalue weighted by Crippen LogP contribution is -2.47. The van der Waals surface area contributed by atoms with Gasteiger partial charge in [0.05, 0.1) is 13.1 Å². The van der Waals surface area contributed by atoms with Crippen molar-refractivity contribution in [2.45, 2.75) is 32.4 Å². The summed E-state index contributed by atoms with van der Waals surface area (Å²) < 4.78 is 33.3. The van der Waals surface area contributed by atoms with Gasteiger partial charge in [-0.1, -0.05) is 0 Å². The van der Waals surface area contributed by atoms with E-state index in [-0.39, 0.29) is 42.4 Å². The second-order valence-corrected chi connectivity index (χ2v) is 5.92. The molecule has 148 valence electrons. The zero-order chi connectivity index (χ0) is 18.4. The van der Waals surface area contributed by atoms with Crippen LogP contribution in [-0.4, -0.2) is 46.5 Å². The van der Waals surface area contributed by atoms with E-state index in [0.29, 0.717) is 12.5 Å². The molecule has 0 amide bonds. The number of ether oxygens (including phenoxy) is 1. The molecule has 2 aromatic rings. The van der Waals surface area contributed by atoms with Crippen molar-refractivity contribution in [3.05, 3.63) is 42.0 Å². The third-order valence-corrected chi connectivity index (χ3v) is 4.01. The van der Waals surface area contributed by atoms with Gasteiger partial charge in [-0.2, -0.15) is 5.10 Å². The molecule has 0 radical (unpaired) electrons. The highest BCUT2D eigenvalue weighted by atomic mass is 127. The molecular weight excluding hydrogens is 469 g/mol. The van der Waals surface area contributed by atoms with Gasteiger partial charge in [0.1, 0.15) is 24.5 Å². The van der Waals surface area contributed by atoms with E-state index in [1.807, 2.05) is 11.6 Å². The maximum Gasteiger partial charge on any atom is 0.191 e. The summed E-state index contributed by atoms with van der Waals surface area (Å²) in [6.07, 6.45) is 3.40. The summed E-state index contributed by atoms with van der Waals surface area (Å²) in [5.41, 5.74) is 0. The van der Waals surface area contributed by atoms with Crippen molar-refractivity contribution in [2.24, 2.45) is 4.99 Å². The predicted molar refractivity (Wildman–Crippen MR) is 109 cm³/mol. The molecule has 3 rings (SSSR count). The summed E-state index contributed by atoms with van der Waals surface area (Å²) in [7, 11) is 0. The number of rotatable bonds is 6. The summed E-state index contributed by atoms with van der Waals surface area (Å²) in [6.45, 7) is 4.11. The molecule has 0 saturated carbocycles. The summed E-state index contributed by atoms with van der Waals surface area (Å²) in [6, 6.07) is 3.68. The number of nitrogens with one attached hydrogen (secondary N) is 2. The Kier molecular flexibility index (Phi) is 8.20. The van der Waals surface area contributed by atoms with Gasteiger partial charge < -0.3 is 15.4 Å². The Labute approximate surface area is 173 Å². The zero-order valence-electron chi connectivity index (χ0n) is 15.0. The summed E-state index contributed by atoms with van der Waals surface area (Å²) in [4.78, 5) is 8.68. The highest BCUT2D eigenvalue weighted by Crippen LogP contribution is 2.15. The Bertz CT molecular complexity index is 770. The average molecular weight is 492 g/mol. The molecule has 1 unspecified atom stereocenters. The van der Waals surface area contributed by atoms with Crippen LogP contribution >= 0.6 is 24.0 Å². The van der Waals surface area contributed by atoms with Crippen molar-refractivity contribution >= 4 is 29.9 Å². The van der Waals surface area contributed by atoms with Gasteiger partial charge in [-0.25, -0.2) is 23.4 Å². The maximum atomic E-state index is 13.1. The number of hydrogen-bond donors (Lipinski definition) is 2. The van der Waals surface area contributed by atoms with Gasteiger partial charge in [-0.3, -0.25) is 0 Å². The van der Waals surface area contributed by atoms with E-state index < -0.39 is 11.6 Å². The van der Waals surface area contributed by atoms with E-state index >= 15 is 0 Å². The number of aromatic nitrogens is 3. The fourth-order valence-corrected chi connectivity index (χ4v) is 2.76. The highest BCUT2D eigenvalue weighted by molar-refractivity contribution is 14.0. The fourth-order valence-electron chi connectivity index (χ4n) is 2.76. The lowest BCUT2D eigenvalue weighted by molar-refractivity contribution is 0.324. The van der Waals surface area contributed by atoms with Crippen LogP contribution in [0.25, 0.3) is 0 Å². The molecule has 27 heavy (non-hydrogen) atoms. The Balaban J connectivity index is 0.00000261. The number of benzene rings is 1. The smallest absolute Gasteiger partial charge is 0.191 e. The quantitative estimate of drug-likeness (QED) is 0.280. The lowest BCUT2D eigenvalue weighted by atomic mass is 10.1. The second-order valence-electron chi connectivity index (χ2n) is 5.92. The Morgan fingerprint density at radius 3 is 3.00 bits per heavy atom. The van der Waals surface area contributed by atoms with Crippen LogP contribution in [0, 0.1) is 11.6 Å². The van der Waals surface area contributed by atoms with Gasteiger partial charge in [-0.05, 0) is 25.5 Å². The van der Waals surface area contributed by atoms with Crippen LogP contribution in [0.5, 0.6) is 5.75 Å². The van der Waals surface area contributed by atoms with Crippen molar-refractivity contribution in [3.8, 4) is 5.75 Å². The van der Waals surface area contributed by atoms with Gasteiger partial charge in [0, 0.05) is 25.1 Å². The second kappa shape index (κ2) is 10.4. The lowest BCUT2D eigenvalue weighted by Gasteiger charge is -2.25. The van der Waals surface area contributed by atoms with Gasteiger partial charge in [-0.15, -0.1) is 24.0 Å². The number of fused-ring (bicyclic) bond motifs is 1. The van der Waals surface area contributed by atoms with E-state index in [9.17, 15) is 8.78 Å². The molecule has 7 nitrogen and oxygen atoms in total. The molecule has 2 N–H and O–H groups in total. The third kappa shape index (κ3) is 6.01. The average Bonchev–Trinajstić information content (AvgIpc) is 3.09. The van der Waals surface area contributed by atoms with Crippen LogP contribution in [0.2, 0.25) is 0 Å². The number of halogens is 3. The van der Waals surface area contributed by atoms with Crippen LogP contribution < -0.4 is 15.4 Å². The SMILES string of the molecule is CCNC(=NCCOc1ccc(F)c(F)c1)NC1CCc2ncnn2C1.I. The molecule has 1 aliphatic rings. The number of nitrogens with zero attached hydrogens (tertiary/aromatic N) is 4. The number of aliphatic imine (C=N–C) groups is 1. The van der Waals surface area contributed by atoms with Gasteiger partial charge in [0.2, 0.25) is 0 Å². The Morgan fingerprint density at radius 1 is 1.37 bits per heavy atom. The molecule has 10 heteroatoms. The van der Waals surface area contributed by atoms with E-state index in [1.165, 1.54) is 6.07 Å². The molecule has 1 aliphatic heterocycles. The minimum Gasteiger partial charge on any atom is -0.492 e. The van der Waals surface area contributed by atoms with Crippen LogP contribution in [-0.2, 0) is 13.0 Å². The van der Waals surface area contributed by atoms with Gasteiger partial charge in [0.15, 0.2) is 17.6 Å². The summed E-state index contributed by atoms with van der Waals surface area (Å²) in [5.74, 6) is 0.158. The Morgan fingerprint density at radius 2 is 2.22 bits per heavy atom. The van der Waals surface area contributed by atoms with Crippen molar-refractivity contribution in [1.82, 2.24) is 25.4 Å². The first kappa shape index (κ1) is 21.3. The minimum atomic E-state index is -0.925. The monoisotopic (exact) mass is 492 g/mol. The normalized spacial score (nSPS) is 16.3. The van der Waals surface area contributed by atoms with Crippen molar-refractivity contribution in [3.63, 3.8) is 0 Å². The number of guanidine groups is 1. The summed E-state index contributed by atoms with van der Waals surface area (Å²) >= 11 is 0. The van der Waals surface area contributed by atoms with Crippen molar-refractivity contribution < 1.29 is 13.5 Å². The van der Waals surface area contributed by atoms with E-state index in [2.05, 4.69) is 25.7 Å². The molecule has 1 atom stereocenters. The van der Waals surface area contributed by atoms with Gasteiger partial charge >= 0.3 is 0 Å². The molecule has 1 aromatic carbocycles. The zero-order valence-corrected chi connectivity index (χ0v) is 17.3. The molecule has 1 aromatic heterocycles. The van der Waals surface area contributed by atoms with E-state index in [4.69, 9.17) is 4.74 Å². The molecule has 0 aliphatic carbocycles. The minimum absolute atomic E-state index is 0. The van der Waals surface area contributed by atoms with Crippen LogP contribution in [0.15, 0.2) is 29.5 Å². The molecule has 0 spiro atoms. The fraction of sp³-hybridized carbons (Fsp3) is 0.471. The first-order valence-corrected chi connectivity index (χ1v) is 8.65. The maximum absolute atomic E-state index is 13.1. The van der Waals surface area contributed by atoms with Crippen LogP contribution in [0.3, 0.4) is 0 Å². The molecule has 0 saturated heterocycles. The van der Waals surface area contributed by atoms with E-state index in [0.717, 1.165) is 43.9 Å². The summed E-state index contributed by atoms with van der Waals surface area (Å²) in [5, 5.41) is 10.8. The van der Waals surface area contributed by atoms with Crippen molar-refractivity contribution in [1.29, 1.82) is 0 Å². The van der Waals surface area contributed by atoms with Crippen LogP contribution in [0.4, 0.5) is 8.78 Å². The van der Waals surface area contributed by atoms with Crippen molar-refractivity contribution in [2.75, 3.05) is 19.7 Å². The highest BCUT2D eigenvalue weighted by Gasteiger charge is 2.20. The molecule has 0 bridgehead atoms. The van der Waals surface area contributed by atoms with Gasteiger partial charge in [0.25, 0.3) is 0 Å². The topological polar surface area (TPSA) is 76.4 Å². The molecule has 2 heterocycles. The first-order chi connectivity index (χ1) is 12.7. The standard InChI is InChI=1S/C17H22F2N6O.HI/c1-2-20-17(24-12-3-6-16-22-11-23-25(16)10-12)21-7-8-26-13-4-5-14(18)15(19)9-13;/h4-5,9,11-12H,2-3,6-8,10H2,1H3,(H2,20,21,24);1H. The largest absolute Gasteiger partial charge is 0.492 e. The first-order valence-electron chi connectivity index (χ1n) is 8.65. The predicted octanol–water partition coefficient (Wildman–Crippen LogP) is 2.12. The number of hydrogen-bond acceptors (Lipinski definition) is 4. The Hall–Kier alpha value is -1.98. The third-order valence-electron chi connectivity index (χ3n) is 4.01.